The molecule has 0 spiro atoms. The van der Waals surface area contributed by atoms with Crippen molar-refractivity contribution < 1.29 is 43.1 Å². The highest BCUT2D eigenvalue weighted by Gasteiger charge is 2.48. The van der Waals surface area contributed by atoms with Crippen LogP contribution in [0.3, 0.4) is 0 Å². The van der Waals surface area contributed by atoms with E-state index in [-0.39, 0.29) is 13.2 Å². The van der Waals surface area contributed by atoms with Gasteiger partial charge in [-0.3, -0.25) is 4.79 Å². The molecule has 0 unspecified atom stereocenters. The monoisotopic (exact) mass is 476 g/mol. The van der Waals surface area contributed by atoms with Crippen LogP contribution in [0.25, 0.3) is 0 Å². The Morgan fingerprint density at radius 1 is 0.853 bits per heavy atom. The molecule has 34 heavy (non-hydrogen) atoms. The summed E-state index contributed by atoms with van der Waals surface area (Å²) < 4.78 is 39.0. The number of methoxy groups -OCH3 is 3. The first kappa shape index (κ1) is 25.9. The second-order valence-corrected chi connectivity index (χ2v) is 7.83. The highest BCUT2D eigenvalue weighted by molar-refractivity contribution is 5.66. The van der Waals surface area contributed by atoms with E-state index < -0.39 is 36.7 Å². The summed E-state index contributed by atoms with van der Waals surface area (Å²) in [7, 11) is 4.72. The number of aliphatic hydroxyl groups is 1. The maximum absolute atomic E-state index is 11.7. The first-order valence-electron chi connectivity index (χ1n) is 10.9. The molecule has 1 N–H and O–H groups in total. The van der Waals surface area contributed by atoms with Gasteiger partial charge < -0.3 is 38.3 Å². The second-order valence-electron chi connectivity index (χ2n) is 7.83. The minimum atomic E-state index is -1.40. The summed E-state index contributed by atoms with van der Waals surface area (Å²) in [5, 5.41) is 10.6. The van der Waals surface area contributed by atoms with E-state index >= 15 is 0 Å². The maximum atomic E-state index is 11.7. The molecule has 9 nitrogen and oxygen atoms in total. The molecule has 2 aromatic rings. The normalized spacial score (nSPS) is 24.4. The molecule has 1 fully saturated rings. The van der Waals surface area contributed by atoms with Crippen LogP contribution in [0.15, 0.2) is 48.5 Å². The second kappa shape index (κ2) is 12.7. The largest absolute Gasteiger partial charge is 0.497 e. The molecule has 0 saturated carbocycles. The van der Waals surface area contributed by atoms with Crippen LogP contribution < -0.4 is 9.47 Å². The van der Waals surface area contributed by atoms with Gasteiger partial charge in [-0.2, -0.15) is 0 Å². The van der Waals surface area contributed by atoms with Crippen LogP contribution in [-0.4, -0.2) is 69.7 Å². The fourth-order valence-electron chi connectivity index (χ4n) is 3.75. The first-order valence-corrected chi connectivity index (χ1v) is 10.9. The quantitative estimate of drug-likeness (QED) is 0.490. The van der Waals surface area contributed by atoms with Crippen LogP contribution in [0.2, 0.25) is 0 Å². The lowest BCUT2D eigenvalue weighted by Gasteiger charge is -2.43. The molecule has 0 aliphatic carbocycles. The number of carbonyl (C=O) groups excluding carboxylic acids is 1. The standard InChI is InChI=1S/C25H32O9/c1-16(26)33-24-23(32-14-18-7-11-20(29-3)12-8-18)22(30-4)21(34-25(24)27)15-31-13-17-5-9-19(28-2)10-6-17/h5-12,21-25,27H,13-15H2,1-4H3/t21-,22+,23+,24-,25-/m1/s1. The third kappa shape index (κ3) is 6.91. The van der Waals surface area contributed by atoms with Crippen molar-refractivity contribution in [1.29, 1.82) is 0 Å². The highest BCUT2D eigenvalue weighted by Crippen LogP contribution is 2.28. The van der Waals surface area contributed by atoms with Crippen molar-refractivity contribution in [2.45, 2.75) is 50.8 Å². The Bertz CT molecular complexity index is 884. The molecule has 2 aromatic carbocycles. The SMILES string of the molecule is COc1ccc(COC[C@H]2O[C@@H](O)[C@H](OC(C)=O)[C@@H](OCc3ccc(OC)cc3)[C@H]2OC)cc1. The van der Waals surface area contributed by atoms with E-state index in [1.807, 2.05) is 48.5 Å². The smallest absolute Gasteiger partial charge is 0.303 e. The minimum Gasteiger partial charge on any atom is -0.497 e. The lowest BCUT2D eigenvalue weighted by Crippen LogP contribution is -2.61. The van der Waals surface area contributed by atoms with Gasteiger partial charge in [0.25, 0.3) is 0 Å². The summed E-state index contributed by atoms with van der Waals surface area (Å²) in [6.07, 6.45) is -4.54. The van der Waals surface area contributed by atoms with Gasteiger partial charge in [-0.1, -0.05) is 24.3 Å². The van der Waals surface area contributed by atoms with Crippen molar-refractivity contribution >= 4 is 5.97 Å². The molecule has 9 heteroatoms. The number of carbonyl (C=O) groups is 1. The summed E-state index contributed by atoms with van der Waals surface area (Å²) in [6, 6.07) is 14.9. The van der Waals surface area contributed by atoms with E-state index in [1.54, 1.807) is 14.2 Å². The zero-order chi connectivity index (χ0) is 24.5. The van der Waals surface area contributed by atoms with E-state index in [1.165, 1.54) is 14.0 Å². The summed E-state index contributed by atoms with van der Waals surface area (Å²) in [5.41, 5.74) is 1.83. The number of ether oxygens (including phenoxy) is 7. The lowest BCUT2D eigenvalue weighted by atomic mass is 9.98. The number of esters is 1. The molecule has 0 amide bonds. The van der Waals surface area contributed by atoms with Gasteiger partial charge in [-0.25, -0.2) is 0 Å². The summed E-state index contributed by atoms with van der Waals surface area (Å²) >= 11 is 0. The van der Waals surface area contributed by atoms with Gasteiger partial charge in [0.2, 0.25) is 0 Å². The molecular formula is C25H32O9. The molecule has 1 saturated heterocycles. The van der Waals surface area contributed by atoms with Crippen molar-refractivity contribution in [3.05, 3.63) is 59.7 Å². The van der Waals surface area contributed by atoms with E-state index in [0.29, 0.717) is 6.61 Å². The Morgan fingerprint density at radius 2 is 1.41 bits per heavy atom. The molecule has 0 aromatic heterocycles. The fraction of sp³-hybridized carbons (Fsp3) is 0.480. The van der Waals surface area contributed by atoms with Gasteiger partial charge in [0.15, 0.2) is 12.4 Å². The van der Waals surface area contributed by atoms with Crippen LogP contribution in [0.4, 0.5) is 0 Å². The zero-order valence-corrected chi connectivity index (χ0v) is 19.8. The Morgan fingerprint density at radius 3 is 1.91 bits per heavy atom. The van der Waals surface area contributed by atoms with E-state index in [9.17, 15) is 9.90 Å². The maximum Gasteiger partial charge on any atom is 0.303 e. The Balaban J connectivity index is 1.67. The number of benzene rings is 2. The van der Waals surface area contributed by atoms with E-state index in [2.05, 4.69) is 0 Å². The van der Waals surface area contributed by atoms with Crippen LogP contribution in [0.1, 0.15) is 18.1 Å². The van der Waals surface area contributed by atoms with Gasteiger partial charge in [0, 0.05) is 14.0 Å². The number of hydrogen-bond donors (Lipinski definition) is 1. The molecule has 5 atom stereocenters. The predicted molar refractivity (Wildman–Crippen MR) is 121 cm³/mol. The fourth-order valence-corrected chi connectivity index (χ4v) is 3.75. The Labute approximate surface area is 199 Å². The van der Waals surface area contributed by atoms with Crippen LogP contribution in [0, 0.1) is 0 Å². The van der Waals surface area contributed by atoms with Crippen molar-refractivity contribution in [1.82, 2.24) is 0 Å². The Hall–Kier alpha value is -2.69. The number of aliphatic hydroxyl groups excluding tert-OH is 1. The number of rotatable bonds is 11. The molecule has 1 aliphatic heterocycles. The average molecular weight is 477 g/mol. The Kier molecular flexibility index (Phi) is 9.67. The molecule has 186 valence electrons. The summed E-state index contributed by atoms with van der Waals surface area (Å²) in [6.45, 7) is 1.94. The lowest BCUT2D eigenvalue weighted by molar-refractivity contribution is -0.305. The van der Waals surface area contributed by atoms with Gasteiger partial charge in [-0.15, -0.1) is 0 Å². The molecule has 3 rings (SSSR count). The molecular weight excluding hydrogens is 444 g/mol. The highest BCUT2D eigenvalue weighted by atomic mass is 16.7. The summed E-state index contributed by atoms with van der Waals surface area (Å²) in [5.74, 6) is 0.928. The minimum absolute atomic E-state index is 0.136. The van der Waals surface area contributed by atoms with Gasteiger partial charge in [0.05, 0.1) is 34.0 Å². The van der Waals surface area contributed by atoms with Gasteiger partial charge in [0.1, 0.15) is 29.8 Å². The third-order valence-electron chi connectivity index (χ3n) is 5.49. The van der Waals surface area contributed by atoms with Crippen LogP contribution in [0.5, 0.6) is 11.5 Å². The molecule has 1 heterocycles. The summed E-state index contributed by atoms with van der Waals surface area (Å²) in [4.78, 5) is 11.7. The average Bonchev–Trinajstić information content (AvgIpc) is 2.85. The zero-order valence-electron chi connectivity index (χ0n) is 19.8. The predicted octanol–water partition coefficient (Wildman–Crippen LogP) is 2.47. The number of hydrogen-bond acceptors (Lipinski definition) is 9. The molecule has 1 aliphatic rings. The van der Waals surface area contributed by atoms with Gasteiger partial charge >= 0.3 is 5.97 Å². The van der Waals surface area contributed by atoms with Gasteiger partial charge in [-0.05, 0) is 35.4 Å². The van der Waals surface area contributed by atoms with E-state index in [4.69, 9.17) is 33.2 Å². The van der Waals surface area contributed by atoms with Crippen molar-refractivity contribution in [2.75, 3.05) is 27.9 Å². The van der Waals surface area contributed by atoms with E-state index in [0.717, 1.165) is 22.6 Å². The van der Waals surface area contributed by atoms with Crippen LogP contribution in [-0.2, 0) is 41.7 Å². The van der Waals surface area contributed by atoms with Crippen LogP contribution >= 0.6 is 0 Å². The van der Waals surface area contributed by atoms with Crippen molar-refractivity contribution in [3.63, 3.8) is 0 Å². The van der Waals surface area contributed by atoms with Crippen molar-refractivity contribution in [2.24, 2.45) is 0 Å². The topological polar surface area (TPSA) is 102 Å². The van der Waals surface area contributed by atoms with Crippen molar-refractivity contribution in [3.8, 4) is 11.5 Å². The first-order chi connectivity index (χ1) is 16.4. The molecule has 0 bridgehead atoms. The molecule has 0 radical (unpaired) electrons. The third-order valence-corrected chi connectivity index (χ3v) is 5.49.